The molecule has 19 heavy (non-hydrogen) atoms. The maximum absolute atomic E-state index is 13.8. The number of carbonyl (C=O) groups excluding carboxylic acids is 1. The van der Waals surface area contributed by atoms with Gasteiger partial charge in [0.25, 0.3) is 5.91 Å². The number of benzene rings is 1. The summed E-state index contributed by atoms with van der Waals surface area (Å²) in [5.41, 5.74) is 6.51. The third-order valence-corrected chi connectivity index (χ3v) is 3.83. The molecule has 3 N–H and O–H groups in total. The van der Waals surface area contributed by atoms with Gasteiger partial charge in [-0.2, -0.15) is 0 Å². The van der Waals surface area contributed by atoms with E-state index in [2.05, 4.69) is 5.32 Å². The minimum atomic E-state index is -0.479. The topological polar surface area (TPSA) is 55.1 Å². The Morgan fingerprint density at radius 3 is 2.79 bits per heavy atom. The summed E-state index contributed by atoms with van der Waals surface area (Å²) in [6.07, 6.45) is 6.07. The van der Waals surface area contributed by atoms with Crippen molar-refractivity contribution in [2.45, 2.75) is 39.0 Å². The fraction of sp³-hybridized carbons (Fsp3) is 0.533. The molecule has 0 bridgehead atoms. The van der Waals surface area contributed by atoms with Crippen molar-refractivity contribution in [2.75, 3.05) is 12.3 Å². The molecule has 0 aliphatic heterocycles. The molecule has 2 rings (SSSR count). The largest absolute Gasteiger partial charge is 0.399 e. The molecule has 1 aromatic rings. The van der Waals surface area contributed by atoms with Gasteiger partial charge in [-0.15, -0.1) is 0 Å². The highest BCUT2D eigenvalue weighted by atomic mass is 19.1. The van der Waals surface area contributed by atoms with Crippen molar-refractivity contribution in [2.24, 2.45) is 5.92 Å². The van der Waals surface area contributed by atoms with Gasteiger partial charge in [0.05, 0.1) is 5.56 Å². The lowest BCUT2D eigenvalue weighted by Crippen LogP contribution is -2.26. The Kier molecular flexibility index (Phi) is 4.40. The van der Waals surface area contributed by atoms with E-state index in [1.807, 2.05) is 0 Å². The van der Waals surface area contributed by atoms with Crippen LogP contribution in [-0.2, 0) is 0 Å². The number of aryl methyl sites for hydroxylation is 1. The van der Waals surface area contributed by atoms with Crippen LogP contribution < -0.4 is 11.1 Å². The fourth-order valence-electron chi connectivity index (χ4n) is 2.75. The summed E-state index contributed by atoms with van der Waals surface area (Å²) in [7, 11) is 0. The van der Waals surface area contributed by atoms with Crippen LogP contribution >= 0.6 is 0 Å². The fourth-order valence-corrected chi connectivity index (χ4v) is 2.75. The van der Waals surface area contributed by atoms with Gasteiger partial charge in [0.15, 0.2) is 0 Å². The zero-order valence-electron chi connectivity index (χ0n) is 11.3. The molecule has 1 saturated carbocycles. The van der Waals surface area contributed by atoms with E-state index >= 15 is 0 Å². The predicted octanol–water partition coefficient (Wildman–Crippen LogP) is 3.03. The van der Waals surface area contributed by atoms with Crippen LogP contribution in [0.3, 0.4) is 0 Å². The van der Waals surface area contributed by atoms with Crippen LogP contribution in [0.2, 0.25) is 0 Å². The maximum atomic E-state index is 13.8. The number of halogens is 1. The highest BCUT2D eigenvalue weighted by molar-refractivity contribution is 5.95. The third-order valence-electron chi connectivity index (χ3n) is 3.83. The monoisotopic (exact) mass is 264 g/mol. The molecule has 0 aromatic heterocycles. The Morgan fingerprint density at radius 1 is 1.42 bits per heavy atom. The molecule has 1 fully saturated rings. The van der Waals surface area contributed by atoms with Gasteiger partial charge in [-0.1, -0.05) is 25.7 Å². The normalized spacial score (nSPS) is 15.7. The smallest absolute Gasteiger partial charge is 0.254 e. The average Bonchev–Trinajstić information content (AvgIpc) is 2.86. The first kappa shape index (κ1) is 13.8. The summed E-state index contributed by atoms with van der Waals surface area (Å²) in [5.74, 6) is -0.133. The van der Waals surface area contributed by atoms with Crippen LogP contribution in [-0.4, -0.2) is 12.5 Å². The molecule has 1 aliphatic carbocycles. The van der Waals surface area contributed by atoms with Gasteiger partial charge in [0, 0.05) is 12.2 Å². The highest BCUT2D eigenvalue weighted by Crippen LogP contribution is 2.27. The van der Waals surface area contributed by atoms with E-state index in [4.69, 9.17) is 5.73 Å². The standard InChI is InChI=1S/C15H21FN2O/c1-10-8-12(17)9-13(14(10)16)15(19)18-7-6-11-4-2-3-5-11/h8-9,11H,2-7,17H2,1H3,(H,18,19). The first-order valence-corrected chi connectivity index (χ1v) is 6.91. The molecule has 0 unspecified atom stereocenters. The van der Waals surface area contributed by atoms with Crippen molar-refractivity contribution in [1.29, 1.82) is 0 Å². The molecule has 4 heteroatoms. The van der Waals surface area contributed by atoms with Crippen LogP contribution in [0.15, 0.2) is 12.1 Å². The highest BCUT2D eigenvalue weighted by Gasteiger charge is 2.17. The molecule has 3 nitrogen and oxygen atoms in total. The molecular weight excluding hydrogens is 243 g/mol. The third kappa shape index (κ3) is 3.46. The van der Waals surface area contributed by atoms with Crippen molar-refractivity contribution in [3.63, 3.8) is 0 Å². The summed E-state index contributed by atoms with van der Waals surface area (Å²) < 4.78 is 13.8. The molecular formula is C15H21FN2O. The molecule has 0 heterocycles. The first-order valence-electron chi connectivity index (χ1n) is 6.91. The zero-order chi connectivity index (χ0) is 13.8. The lowest BCUT2D eigenvalue weighted by molar-refractivity contribution is 0.0947. The summed E-state index contributed by atoms with van der Waals surface area (Å²) in [4.78, 5) is 11.9. The number of nitrogens with one attached hydrogen (secondary N) is 1. The van der Waals surface area contributed by atoms with E-state index in [1.165, 1.54) is 37.8 Å². The summed E-state index contributed by atoms with van der Waals surface area (Å²) >= 11 is 0. The van der Waals surface area contributed by atoms with E-state index in [1.54, 1.807) is 6.92 Å². The van der Waals surface area contributed by atoms with Crippen molar-refractivity contribution in [1.82, 2.24) is 5.32 Å². The van der Waals surface area contributed by atoms with Gasteiger partial charge < -0.3 is 11.1 Å². The second-order valence-electron chi connectivity index (χ2n) is 5.39. The van der Waals surface area contributed by atoms with Crippen LogP contribution in [0.4, 0.5) is 10.1 Å². The Labute approximate surface area is 113 Å². The Morgan fingerprint density at radius 2 is 2.11 bits per heavy atom. The van der Waals surface area contributed by atoms with Gasteiger partial charge in [-0.3, -0.25) is 4.79 Å². The quantitative estimate of drug-likeness (QED) is 0.821. The van der Waals surface area contributed by atoms with Gasteiger partial charge in [-0.25, -0.2) is 4.39 Å². The van der Waals surface area contributed by atoms with E-state index in [9.17, 15) is 9.18 Å². The minimum absolute atomic E-state index is 0.0453. The van der Waals surface area contributed by atoms with E-state index in [0.29, 0.717) is 23.7 Å². The lowest BCUT2D eigenvalue weighted by atomic mass is 10.0. The van der Waals surface area contributed by atoms with Crippen LogP contribution in [0, 0.1) is 18.7 Å². The van der Waals surface area contributed by atoms with Crippen LogP contribution in [0.25, 0.3) is 0 Å². The molecule has 0 spiro atoms. The van der Waals surface area contributed by atoms with Gasteiger partial charge >= 0.3 is 0 Å². The molecule has 1 amide bonds. The van der Waals surface area contributed by atoms with Crippen LogP contribution in [0.1, 0.15) is 48.0 Å². The molecule has 0 atom stereocenters. The number of hydrogen-bond acceptors (Lipinski definition) is 2. The summed E-state index contributed by atoms with van der Waals surface area (Å²) in [6.45, 7) is 2.22. The maximum Gasteiger partial charge on any atom is 0.254 e. The van der Waals surface area contributed by atoms with Crippen molar-refractivity contribution in [3.05, 3.63) is 29.1 Å². The molecule has 0 radical (unpaired) electrons. The molecule has 1 aliphatic rings. The molecule has 1 aromatic carbocycles. The Hall–Kier alpha value is -1.58. The number of nitrogen functional groups attached to an aromatic ring is 1. The van der Waals surface area contributed by atoms with Gasteiger partial charge in [0.2, 0.25) is 0 Å². The van der Waals surface area contributed by atoms with Gasteiger partial charge in [0.1, 0.15) is 5.82 Å². The van der Waals surface area contributed by atoms with Crippen molar-refractivity contribution in [3.8, 4) is 0 Å². The summed E-state index contributed by atoms with van der Waals surface area (Å²) in [5, 5.41) is 2.79. The van der Waals surface area contributed by atoms with Crippen molar-refractivity contribution >= 4 is 11.6 Å². The SMILES string of the molecule is Cc1cc(N)cc(C(=O)NCCC2CCCC2)c1F. The summed E-state index contributed by atoms with van der Waals surface area (Å²) in [6, 6.07) is 2.93. The molecule has 0 saturated heterocycles. The number of anilines is 1. The minimum Gasteiger partial charge on any atom is -0.399 e. The lowest BCUT2D eigenvalue weighted by Gasteiger charge is -2.11. The average molecular weight is 264 g/mol. The second kappa shape index (κ2) is 6.04. The molecule has 104 valence electrons. The number of amides is 1. The van der Waals surface area contributed by atoms with E-state index in [0.717, 1.165) is 6.42 Å². The number of rotatable bonds is 4. The number of nitrogens with two attached hydrogens (primary N) is 1. The van der Waals surface area contributed by atoms with Gasteiger partial charge in [-0.05, 0) is 37.0 Å². The Balaban J connectivity index is 1.92. The first-order chi connectivity index (χ1) is 9.08. The second-order valence-corrected chi connectivity index (χ2v) is 5.39. The predicted molar refractivity (Wildman–Crippen MR) is 74.5 cm³/mol. The van der Waals surface area contributed by atoms with Crippen LogP contribution in [0.5, 0.6) is 0 Å². The van der Waals surface area contributed by atoms with Crippen molar-refractivity contribution < 1.29 is 9.18 Å². The van der Waals surface area contributed by atoms with E-state index in [-0.39, 0.29) is 11.5 Å². The van der Waals surface area contributed by atoms with E-state index < -0.39 is 5.82 Å². The number of carbonyl (C=O) groups is 1. The number of hydrogen-bond donors (Lipinski definition) is 2. The Bertz CT molecular complexity index is 467. The zero-order valence-corrected chi connectivity index (χ0v) is 11.3.